The van der Waals surface area contributed by atoms with E-state index in [1.54, 1.807) is 6.08 Å². The van der Waals surface area contributed by atoms with Gasteiger partial charge >= 0.3 is 6.18 Å². The average Bonchev–Trinajstić information content (AvgIpc) is 2.14. The van der Waals surface area contributed by atoms with Crippen molar-refractivity contribution >= 4 is 0 Å². The Bertz CT molecular complexity index is 295. The molecule has 14 heavy (non-hydrogen) atoms. The lowest BCUT2D eigenvalue weighted by Gasteiger charge is -2.06. The molecule has 0 spiro atoms. The SMILES string of the molecule is C=CCCc1ccc(C(F)(F)F)cc1. The van der Waals surface area contributed by atoms with Crippen LogP contribution in [-0.4, -0.2) is 0 Å². The summed E-state index contributed by atoms with van der Waals surface area (Å²) in [6.45, 7) is 3.55. The van der Waals surface area contributed by atoms with Crippen molar-refractivity contribution in [3.05, 3.63) is 48.0 Å². The van der Waals surface area contributed by atoms with Gasteiger partial charge in [-0.25, -0.2) is 0 Å². The zero-order valence-corrected chi connectivity index (χ0v) is 7.64. The van der Waals surface area contributed by atoms with Crippen molar-refractivity contribution in [2.45, 2.75) is 19.0 Å². The van der Waals surface area contributed by atoms with Crippen molar-refractivity contribution in [2.75, 3.05) is 0 Å². The summed E-state index contributed by atoms with van der Waals surface area (Å²) >= 11 is 0. The summed E-state index contributed by atoms with van der Waals surface area (Å²) in [5.74, 6) is 0. The first kappa shape index (κ1) is 10.8. The Morgan fingerprint density at radius 3 is 2.14 bits per heavy atom. The Morgan fingerprint density at radius 1 is 1.14 bits per heavy atom. The third-order valence-corrected chi connectivity index (χ3v) is 1.92. The zero-order valence-electron chi connectivity index (χ0n) is 7.64. The molecule has 1 aromatic rings. The molecule has 0 saturated carbocycles. The summed E-state index contributed by atoms with van der Waals surface area (Å²) in [5.41, 5.74) is 0.303. The number of hydrogen-bond donors (Lipinski definition) is 0. The van der Waals surface area contributed by atoms with Gasteiger partial charge in [-0.1, -0.05) is 18.2 Å². The molecule has 0 radical (unpaired) electrons. The van der Waals surface area contributed by atoms with Crippen LogP contribution in [0.15, 0.2) is 36.9 Å². The van der Waals surface area contributed by atoms with Gasteiger partial charge in [0.1, 0.15) is 0 Å². The molecule has 1 rings (SSSR count). The summed E-state index contributed by atoms with van der Waals surface area (Å²) in [7, 11) is 0. The Labute approximate surface area is 81.1 Å². The number of rotatable bonds is 3. The van der Waals surface area contributed by atoms with E-state index in [4.69, 9.17) is 0 Å². The van der Waals surface area contributed by atoms with E-state index < -0.39 is 11.7 Å². The van der Waals surface area contributed by atoms with Crippen LogP contribution in [0.5, 0.6) is 0 Å². The molecule has 0 nitrogen and oxygen atoms in total. The average molecular weight is 200 g/mol. The number of hydrogen-bond acceptors (Lipinski definition) is 0. The topological polar surface area (TPSA) is 0 Å². The molecule has 0 fully saturated rings. The first-order chi connectivity index (χ1) is 6.54. The van der Waals surface area contributed by atoms with E-state index >= 15 is 0 Å². The van der Waals surface area contributed by atoms with E-state index in [0.717, 1.165) is 30.5 Å². The molecular formula is C11H11F3. The smallest absolute Gasteiger partial charge is 0.166 e. The van der Waals surface area contributed by atoms with Crippen molar-refractivity contribution in [2.24, 2.45) is 0 Å². The van der Waals surface area contributed by atoms with Gasteiger partial charge in [0.05, 0.1) is 5.56 Å². The predicted molar refractivity (Wildman–Crippen MR) is 50.0 cm³/mol. The summed E-state index contributed by atoms with van der Waals surface area (Å²) in [6, 6.07) is 5.23. The Hall–Kier alpha value is -1.25. The molecule has 0 heterocycles. The van der Waals surface area contributed by atoms with E-state index in [-0.39, 0.29) is 0 Å². The monoisotopic (exact) mass is 200 g/mol. The molecule has 0 atom stereocenters. The van der Waals surface area contributed by atoms with E-state index in [2.05, 4.69) is 6.58 Å². The molecule has 0 aliphatic carbocycles. The predicted octanol–water partition coefficient (Wildman–Crippen LogP) is 3.82. The first-order valence-electron chi connectivity index (χ1n) is 4.31. The molecule has 0 aliphatic heterocycles. The standard InChI is InChI=1S/C11H11F3/c1-2-3-4-9-5-7-10(8-6-9)11(12,13)14/h2,5-8H,1,3-4H2. The lowest BCUT2D eigenvalue weighted by atomic mass is 10.1. The molecule has 1 aromatic carbocycles. The van der Waals surface area contributed by atoms with Crippen molar-refractivity contribution in [1.29, 1.82) is 0 Å². The van der Waals surface area contributed by atoms with Gasteiger partial charge in [0.15, 0.2) is 0 Å². The Balaban J connectivity index is 2.73. The van der Waals surface area contributed by atoms with Gasteiger partial charge in [0, 0.05) is 0 Å². The second kappa shape index (κ2) is 4.31. The summed E-state index contributed by atoms with van der Waals surface area (Å²) in [4.78, 5) is 0. The van der Waals surface area contributed by atoms with Crippen LogP contribution in [0, 0.1) is 0 Å². The molecule has 0 aromatic heterocycles. The highest BCUT2D eigenvalue weighted by Crippen LogP contribution is 2.29. The Kier molecular flexibility index (Phi) is 3.33. The maximum absolute atomic E-state index is 12.2. The molecule has 76 valence electrons. The molecule has 0 unspecified atom stereocenters. The highest BCUT2D eigenvalue weighted by Gasteiger charge is 2.29. The van der Waals surface area contributed by atoms with Crippen LogP contribution in [0.2, 0.25) is 0 Å². The van der Waals surface area contributed by atoms with Gasteiger partial charge in [-0.05, 0) is 30.5 Å². The Morgan fingerprint density at radius 2 is 1.71 bits per heavy atom. The zero-order chi connectivity index (χ0) is 10.6. The molecule has 3 heteroatoms. The molecular weight excluding hydrogens is 189 g/mol. The fourth-order valence-electron chi connectivity index (χ4n) is 1.13. The normalized spacial score (nSPS) is 11.4. The van der Waals surface area contributed by atoms with E-state index in [1.807, 2.05) is 0 Å². The number of aryl methyl sites for hydroxylation is 1. The second-order valence-corrected chi connectivity index (χ2v) is 3.02. The number of halogens is 3. The fraction of sp³-hybridized carbons (Fsp3) is 0.273. The van der Waals surface area contributed by atoms with Crippen LogP contribution < -0.4 is 0 Å². The minimum Gasteiger partial charge on any atom is -0.166 e. The van der Waals surface area contributed by atoms with Crippen LogP contribution in [0.3, 0.4) is 0 Å². The number of alkyl halides is 3. The van der Waals surface area contributed by atoms with Gasteiger partial charge < -0.3 is 0 Å². The minimum absolute atomic E-state index is 0.597. The van der Waals surface area contributed by atoms with Crippen molar-refractivity contribution in [3.8, 4) is 0 Å². The van der Waals surface area contributed by atoms with Gasteiger partial charge in [0.25, 0.3) is 0 Å². The summed E-state index contributed by atoms with van der Waals surface area (Å²) in [5, 5.41) is 0. The maximum Gasteiger partial charge on any atom is 0.416 e. The van der Waals surface area contributed by atoms with E-state index in [0.29, 0.717) is 0 Å². The molecule has 0 saturated heterocycles. The largest absolute Gasteiger partial charge is 0.416 e. The van der Waals surface area contributed by atoms with Crippen LogP contribution in [0.4, 0.5) is 13.2 Å². The van der Waals surface area contributed by atoms with Crippen LogP contribution >= 0.6 is 0 Å². The third kappa shape index (κ3) is 2.91. The molecule has 0 aliphatic rings. The van der Waals surface area contributed by atoms with Crippen LogP contribution in [0.1, 0.15) is 17.5 Å². The summed E-state index contributed by atoms with van der Waals surface area (Å²) in [6.07, 6.45) is -0.971. The lowest BCUT2D eigenvalue weighted by molar-refractivity contribution is -0.137. The highest BCUT2D eigenvalue weighted by molar-refractivity contribution is 5.24. The quantitative estimate of drug-likeness (QED) is 0.650. The van der Waals surface area contributed by atoms with Crippen molar-refractivity contribution in [3.63, 3.8) is 0 Å². The molecule has 0 amide bonds. The van der Waals surface area contributed by atoms with Gasteiger partial charge in [-0.15, -0.1) is 6.58 Å². The molecule has 0 bridgehead atoms. The fourth-order valence-corrected chi connectivity index (χ4v) is 1.13. The number of benzene rings is 1. The third-order valence-electron chi connectivity index (χ3n) is 1.92. The lowest BCUT2D eigenvalue weighted by Crippen LogP contribution is -2.04. The van der Waals surface area contributed by atoms with Crippen molar-refractivity contribution in [1.82, 2.24) is 0 Å². The van der Waals surface area contributed by atoms with Crippen LogP contribution in [-0.2, 0) is 12.6 Å². The first-order valence-corrected chi connectivity index (χ1v) is 4.31. The maximum atomic E-state index is 12.2. The number of allylic oxidation sites excluding steroid dienone is 1. The minimum atomic E-state index is -4.24. The van der Waals surface area contributed by atoms with Gasteiger partial charge in [0.2, 0.25) is 0 Å². The van der Waals surface area contributed by atoms with Crippen molar-refractivity contribution < 1.29 is 13.2 Å². The van der Waals surface area contributed by atoms with E-state index in [9.17, 15) is 13.2 Å². The van der Waals surface area contributed by atoms with Gasteiger partial charge in [-0.3, -0.25) is 0 Å². The second-order valence-electron chi connectivity index (χ2n) is 3.02. The van der Waals surface area contributed by atoms with E-state index in [1.165, 1.54) is 12.1 Å². The highest BCUT2D eigenvalue weighted by atomic mass is 19.4. The van der Waals surface area contributed by atoms with Crippen LogP contribution in [0.25, 0.3) is 0 Å². The molecule has 0 N–H and O–H groups in total. The summed E-state index contributed by atoms with van der Waals surface area (Å²) < 4.78 is 36.5. The van der Waals surface area contributed by atoms with Gasteiger partial charge in [-0.2, -0.15) is 13.2 Å².